The maximum absolute atomic E-state index is 5.54. The van der Waals surface area contributed by atoms with Gasteiger partial charge in [-0.15, -0.1) is 0 Å². The Morgan fingerprint density at radius 3 is 2.52 bits per heavy atom. The zero-order valence-corrected chi connectivity index (χ0v) is 15.8. The van der Waals surface area contributed by atoms with Crippen LogP contribution in [0, 0.1) is 0 Å². The Balaban J connectivity index is 1.87. The number of hydrogen-bond acceptors (Lipinski definition) is 1. The third kappa shape index (κ3) is 4.72. The molecule has 0 radical (unpaired) electrons. The van der Waals surface area contributed by atoms with Crippen LogP contribution < -0.4 is 5.19 Å². The predicted octanol–water partition coefficient (Wildman–Crippen LogP) is 2.92. The van der Waals surface area contributed by atoms with Gasteiger partial charge in [0.25, 0.3) is 0 Å². The average Bonchev–Trinajstić information content (AvgIpc) is 2.56. The molecule has 0 saturated heterocycles. The van der Waals surface area contributed by atoms with Crippen molar-refractivity contribution < 1.29 is 4.74 Å². The highest BCUT2D eigenvalue weighted by molar-refractivity contribution is 6.51. The highest BCUT2D eigenvalue weighted by Crippen LogP contribution is 2.36. The van der Waals surface area contributed by atoms with Crippen LogP contribution >= 0.6 is 0 Å². The van der Waals surface area contributed by atoms with Gasteiger partial charge in [0.1, 0.15) is 0 Å². The molecule has 0 fully saturated rings. The molecule has 0 heterocycles. The first-order chi connectivity index (χ1) is 10.3. The van der Waals surface area contributed by atoms with Crippen molar-refractivity contribution in [3.8, 4) is 0 Å². The molecule has 0 aromatic heterocycles. The molecule has 0 saturated carbocycles. The monoisotopic (exact) mass is 312 g/mol. The normalized spacial score (nSPS) is 22.6. The van der Waals surface area contributed by atoms with Gasteiger partial charge in [-0.1, -0.05) is 66.9 Å². The number of benzene rings is 1. The summed E-state index contributed by atoms with van der Waals surface area (Å²) in [6.45, 7) is 4.66. The Hall–Kier alpha value is -1.59. The van der Waals surface area contributed by atoms with E-state index >= 15 is 0 Å². The Labute approximate surface area is 132 Å². The number of rotatable bonds is 6. The van der Waals surface area contributed by atoms with Gasteiger partial charge in [-0.3, -0.25) is 0 Å². The summed E-state index contributed by atoms with van der Waals surface area (Å²) in [7, 11) is -0.204. The summed E-state index contributed by atoms with van der Waals surface area (Å²) < 4.78 is 5.54. The molecule has 0 bridgehead atoms. The summed E-state index contributed by atoms with van der Waals surface area (Å²) >= 11 is 0. The first-order valence-corrected chi connectivity index (χ1v) is 12.0. The lowest BCUT2D eigenvalue weighted by Crippen LogP contribution is -2.13. The van der Waals surface area contributed by atoms with Gasteiger partial charge < -0.3 is 4.74 Å². The molecular formula is C18H24OSi2. The zero-order chi connectivity index (χ0) is 15.0. The van der Waals surface area contributed by atoms with Gasteiger partial charge in [0.2, 0.25) is 0 Å². The van der Waals surface area contributed by atoms with E-state index in [1.807, 2.05) is 12.3 Å². The van der Waals surface area contributed by atoms with Gasteiger partial charge in [0, 0.05) is 14.6 Å². The quantitative estimate of drug-likeness (QED) is 0.580. The van der Waals surface area contributed by atoms with Crippen LogP contribution in [0.3, 0.4) is 0 Å². The SMILES string of the molecule is C[SiH2]c1ccc(C=COC=CC2([SiH2]C)C=CC=CC2)cc1. The molecule has 1 atom stereocenters. The van der Waals surface area contributed by atoms with Crippen molar-refractivity contribution in [1.29, 1.82) is 0 Å². The maximum atomic E-state index is 5.54. The van der Waals surface area contributed by atoms with E-state index in [-0.39, 0.29) is 24.1 Å². The largest absolute Gasteiger partial charge is 0.473 e. The standard InChI is InChI=1S/C18H24OSi2/c1-20-17-8-6-16(7-9-17)10-14-19-15-13-18(21-2)11-4-3-5-12-18/h3-11,13-15H,12,20-21H2,1-2H3. The van der Waals surface area contributed by atoms with E-state index in [0.29, 0.717) is 0 Å². The summed E-state index contributed by atoms with van der Waals surface area (Å²) in [4.78, 5) is 0. The van der Waals surface area contributed by atoms with Crippen LogP contribution in [0.4, 0.5) is 0 Å². The molecule has 3 heteroatoms. The molecule has 110 valence electrons. The van der Waals surface area contributed by atoms with Crippen LogP contribution in [0.2, 0.25) is 18.1 Å². The lowest BCUT2D eigenvalue weighted by atomic mass is 10.00. The van der Waals surface area contributed by atoms with Crippen molar-refractivity contribution in [2.45, 2.75) is 24.6 Å². The van der Waals surface area contributed by atoms with Gasteiger partial charge in [0.15, 0.2) is 0 Å². The molecule has 21 heavy (non-hydrogen) atoms. The van der Waals surface area contributed by atoms with Crippen LogP contribution in [0.1, 0.15) is 12.0 Å². The van der Waals surface area contributed by atoms with Crippen molar-refractivity contribution in [3.05, 3.63) is 72.7 Å². The van der Waals surface area contributed by atoms with E-state index in [1.54, 1.807) is 6.26 Å². The van der Waals surface area contributed by atoms with Gasteiger partial charge >= 0.3 is 0 Å². The zero-order valence-electron chi connectivity index (χ0n) is 13.0. The minimum Gasteiger partial charge on any atom is -0.473 e. The van der Waals surface area contributed by atoms with Crippen LogP contribution in [0.25, 0.3) is 6.08 Å². The van der Waals surface area contributed by atoms with Crippen molar-refractivity contribution in [2.24, 2.45) is 0 Å². The fraction of sp³-hybridized carbons (Fsp3) is 0.222. The lowest BCUT2D eigenvalue weighted by molar-refractivity contribution is 0.402. The summed E-state index contributed by atoms with van der Waals surface area (Å²) in [6.07, 6.45) is 17.8. The number of hydrogen-bond donors (Lipinski definition) is 0. The average molecular weight is 313 g/mol. The molecule has 2 rings (SSSR count). The maximum Gasteiger partial charge on any atom is 0.0907 e. The highest BCUT2D eigenvalue weighted by Gasteiger charge is 2.21. The van der Waals surface area contributed by atoms with Crippen molar-refractivity contribution in [1.82, 2.24) is 0 Å². The molecule has 1 unspecified atom stereocenters. The molecular weight excluding hydrogens is 288 g/mol. The van der Waals surface area contributed by atoms with E-state index in [0.717, 1.165) is 6.42 Å². The van der Waals surface area contributed by atoms with E-state index in [2.05, 4.69) is 67.7 Å². The third-order valence-electron chi connectivity index (χ3n) is 4.04. The minimum absolute atomic E-state index is 0.0476. The molecule has 0 amide bonds. The second-order valence-corrected chi connectivity index (χ2v) is 8.96. The van der Waals surface area contributed by atoms with Gasteiger partial charge in [-0.2, -0.15) is 0 Å². The smallest absolute Gasteiger partial charge is 0.0907 e. The topological polar surface area (TPSA) is 9.23 Å². The van der Waals surface area contributed by atoms with Crippen LogP contribution in [0.5, 0.6) is 0 Å². The van der Waals surface area contributed by atoms with Crippen molar-refractivity contribution >= 4 is 30.3 Å². The fourth-order valence-corrected chi connectivity index (χ4v) is 4.25. The number of ether oxygens (including phenoxy) is 1. The molecule has 0 aliphatic heterocycles. The predicted molar refractivity (Wildman–Crippen MR) is 99.7 cm³/mol. The summed E-state index contributed by atoms with van der Waals surface area (Å²) in [5.41, 5.74) is 1.19. The second-order valence-electron chi connectivity index (χ2n) is 5.41. The minimum atomic E-state index is -0.156. The Bertz CT molecular complexity index is 555. The third-order valence-corrected chi connectivity index (χ3v) is 7.40. The number of allylic oxidation sites excluding steroid dienone is 5. The summed E-state index contributed by atoms with van der Waals surface area (Å²) in [5, 5.41) is 1.76. The van der Waals surface area contributed by atoms with Crippen LogP contribution in [-0.4, -0.2) is 19.0 Å². The summed E-state index contributed by atoms with van der Waals surface area (Å²) in [5.74, 6) is 0. The molecule has 1 aliphatic carbocycles. The molecule has 0 N–H and O–H groups in total. The first-order valence-electron chi connectivity index (χ1n) is 7.71. The highest BCUT2D eigenvalue weighted by atomic mass is 28.2. The van der Waals surface area contributed by atoms with Crippen LogP contribution in [-0.2, 0) is 4.74 Å². The lowest BCUT2D eigenvalue weighted by Gasteiger charge is -2.25. The van der Waals surface area contributed by atoms with Gasteiger partial charge in [-0.25, -0.2) is 0 Å². The van der Waals surface area contributed by atoms with Gasteiger partial charge in [-0.05, 0) is 24.1 Å². The van der Waals surface area contributed by atoms with Gasteiger partial charge in [0.05, 0.1) is 22.0 Å². The van der Waals surface area contributed by atoms with E-state index in [1.165, 1.54) is 10.8 Å². The van der Waals surface area contributed by atoms with E-state index in [4.69, 9.17) is 4.74 Å². The Kier molecular flexibility index (Phi) is 6.02. The molecule has 1 aromatic rings. The fourth-order valence-electron chi connectivity index (χ4n) is 2.39. The van der Waals surface area contributed by atoms with E-state index < -0.39 is 0 Å². The van der Waals surface area contributed by atoms with E-state index in [9.17, 15) is 0 Å². The molecule has 1 aliphatic rings. The van der Waals surface area contributed by atoms with Crippen molar-refractivity contribution in [2.75, 3.05) is 0 Å². The molecule has 0 spiro atoms. The molecule has 1 aromatic carbocycles. The molecule has 1 nitrogen and oxygen atoms in total. The second kappa shape index (κ2) is 8.00. The van der Waals surface area contributed by atoms with Crippen molar-refractivity contribution in [3.63, 3.8) is 0 Å². The summed E-state index contributed by atoms with van der Waals surface area (Å²) in [6, 6.07) is 8.76. The van der Waals surface area contributed by atoms with Crippen LogP contribution in [0.15, 0.2) is 67.2 Å². The first kappa shape index (κ1) is 15.8. The Morgan fingerprint density at radius 1 is 1.10 bits per heavy atom. The Morgan fingerprint density at radius 2 is 1.90 bits per heavy atom.